The van der Waals surface area contributed by atoms with Gasteiger partial charge in [-0.1, -0.05) is 78.5 Å². The summed E-state index contributed by atoms with van der Waals surface area (Å²) in [5.41, 5.74) is -0.0656. The minimum Gasteiger partial charge on any atom is -0.457 e. The summed E-state index contributed by atoms with van der Waals surface area (Å²) in [6.45, 7) is 2.56. The molecule has 1 N–H and O–H groups in total. The second kappa shape index (κ2) is 11.8. The number of nitrogens with zero attached hydrogens (tertiary/aromatic N) is 1. The van der Waals surface area contributed by atoms with Crippen LogP contribution in [0.25, 0.3) is 0 Å². The van der Waals surface area contributed by atoms with E-state index < -0.39 is 42.3 Å². The van der Waals surface area contributed by atoms with E-state index in [-0.39, 0.29) is 31.2 Å². The van der Waals surface area contributed by atoms with Crippen LogP contribution in [0.3, 0.4) is 0 Å². The van der Waals surface area contributed by atoms with Gasteiger partial charge in [0.1, 0.15) is 17.5 Å². The molecule has 12 heteroatoms. The van der Waals surface area contributed by atoms with Gasteiger partial charge in [0.15, 0.2) is 6.61 Å². The van der Waals surface area contributed by atoms with Crippen molar-refractivity contribution in [1.82, 2.24) is 4.90 Å². The summed E-state index contributed by atoms with van der Waals surface area (Å²) < 4.78 is 10.9. The molecule has 0 aromatic heterocycles. The Bertz CT molecular complexity index is 1410. The van der Waals surface area contributed by atoms with Crippen molar-refractivity contribution in [3.05, 3.63) is 85.8 Å². The zero-order chi connectivity index (χ0) is 28.4. The summed E-state index contributed by atoms with van der Waals surface area (Å²) in [6, 6.07) is 14.4. The van der Waals surface area contributed by atoms with Gasteiger partial charge in [0, 0.05) is 5.69 Å². The Morgan fingerprint density at radius 3 is 1.82 bits per heavy atom. The molecular formula is C27H20Cl4N2O6. The summed E-state index contributed by atoms with van der Waals surface area (Å²) in [4.78, 5) is 52.5. The van der Waals surface area contributed by atoms with Crippen LogP contribution in [0.4, 0.5) is 5.69 Å². The first-order valence-corrected chi connectivity index (χ1v) is 13.1. The van der Waals surface area contributed by atoms with Gasteiger partial charge >= 0.3 is 5.97 Å². The highest BCUT2D eigenvalue weighted by molar-refractivity contribution is 6.55. The molecule has 0 saturated carbocycles. The number of anilines is 1. The first-order valence-electron chi connectivity index (χ1n) is 11.5. The number of amides is 3. The number of nitrogens with one attached hydrogen (secondary N) is 1. The number of halogens is 4. The molecule has 0 aliphatic carbocycles. The van der Waals surface area contributed by atoms with Gasteiger partial charge in [0.25, 0.3) is 17.7 Å². The lowest BCUT2D eigenvalue weighted by Gasteiger charge is -2.27. The molecule has 8 nitrogen and oxygen atoms in total. The molecule has 1 heterocycles. The number of carbonyl (C=O) groups is 4. The number of para-hydroxylation sites is 1. The van der Waals surface area contributed by atoms with Gasteiger partial charge in [0.2, 0.25) is 0 Å². The van der Waals surface area contributed by atoms with E-state index in [1.807, 2.05) is 30.3 Å². The van der Waals surface area contributed by atoms with Crippen molar-refractivity contribution in [2.75, 3.05) is 11.9 Å². The highest BCUT2D eigenvalue weighted by atomic mass is 35.5. The molecule has 0 saturated heterocycles. The molecule has 39 heavy (non-hydrogen) atoms. The van der Waals surface area contributed by atoms with E-state index in [1.165, 1.54) is 0 Å². The summed E-state index contributed by atoms with van der Waals surface area (Å²) in [7, 11) is 0. The van der Waals surface area contributed by atoms with Crippen molar-refractivity contribution in [1.29, 1.82) is 0 Å². The largest absolute Gasteiger partial charge is 0.457 e. The predicted octanol–water partition coefficient (Wildman–Crippen LogP) is 6.90. The average Bonchev–Trinajstić information content (AvgIpc) is 3.16. The van der Waals surface area contributed by atoms with E-state index >= 15 is 0 Å². The Morgan fingerprint density at radius 1 is 0.795 bits per heavy atom. The monoisotopic (exact) mass is 608 g/mol. The fourth-order valence-corrected chi connectivity index (χ4v) is 4.96. The molecule has 0 bridgehead atoms. The van der Waals surface area contributed by atoms with Crippen LogP contribution in [0.2, 0.25) is 20.1 Å². The van der Waals surface area contributed by atoms with Crippen LogP contribution in [0.1, 0.15) is 34.6 Å². The number of esters is 1. The van der Waals surface area contributed by atoms with Gasteiger partial charge in [0.05, 0.1) is 31.2 Å². The molecule has 1 aliphatic rings. The van der Waals surface area contributed by atoms with E-state index in [9.17, 15) is 19.2 Å². The number of ether oxygens (including phenoxy) is 2. The summed E-state index contributed by atoms with van der Waals surface area (Å²) in [5, 5.41) is 1.72. The van der Waals surface area contributed by atoms with E-state index in [1.54, 1.807) is 38.1 Å². The first-order chi connectivity index (χ1) is 18.5. The van der Waals surface area contributed by atoms with Crippen LogP contribution in [0.5, 0.6) is 11.5 Å². The maximum absolute atomic E-state index is 13.2. The Labute approximate surface area is 243 Å². The molecule has 0 radical (unpaired) electrons. The lowest BCUT2D eigenvalue weighted by Crippen LogP contribution is -2.49. The summed E-state index contributed by atoms with van der Waals surface area (Å²) >= 11 is 24.5. The van der Waals surface area contributed by atoms with Gasteiger partial charge in [-0.05, 0) is 42.3 Å². The molecule has 3 aromatic carbocycles. The highest BCUT2D eigenvalue weighted by Gasteiger charge is 2.48. The van der Waals surface area contributed by atoms with Crippen molar-refractivity contribution < 1.29 is 28.7 Å². The number of carbonyl (C=O) groups excluding carboxylic acids is 4. The lowest BCUT2D eigenvalue weighted by molar-refractivity contribution is -0.152. The Kier molecular flexibility index (Phi) is 8.71. The average molecular weight is 610 g/mol. The number of fused-ring (bicyclic) bond motifs is 1. The second-order valence-corrected chi connectivity index (χ2v) is 10.3. The van der Waals surface area contributed by atoms with Crippen molar-refractivity contribution in [2.45, 2.75) is 19.9 Å². The van der Waals surface area contributed by atoms with Gasteiger partial charge < -0.3 is 14.8 Å². The van der Waals surface area contributed by atoms with Crippen LogP contribution in [0, 0.1) is 5.92 Å². The minimum atomic E-state index is -1.37. The van der Waals surface area contributed by atoms with Gasteiger partial charge in [-0.15, -0.1) is 0 Å². The minimum absolute atomic E-state index is 0.190. The number of imide groups is 1. The number of hydrogen-bond donors (Lipinski definition) is 1. The summed E-state index contributed by atoms with van der Waals surface area (Å²) in [5.74, 6) is -2.70. The molecule has 0 fully saturated rings. The van der Waals surface area contributed by atoms with Gasteiger partial charge in [-0.3, -0.25) is 19.3 Å². The first kappa shape index (κ1) is 28.7. The van der Waals surface area contributed by atoms with Gasteiger partial charge in [-0.2, -0.15) is 0 Å². The Balaban J connectivity index is 1.41. The topological polar surface area (TPSA) is 102 Å². The second-order valence-electron chi connectivity index (χ2n) is 8.77. The Morgan fingerprint density at radius 2 is 1.31 bits per heavy atom. The van der Waals surface area contributed by atoms with E-state index in [0.29, 0.717) is 22.1 Å². The van der Waals surface area contributed by atoms with Crippen LogP contribution in [0.15, 0.2) is 54.6 Å². The molecule has 4 rings (SSSR count). The van der Waals surface area contributed by atoms with Gasteiger partial charge in [-0.25, -0.2) is 4.79 Å². The highest BCUT2D eigenvalue weighted by Crippen LogP contribution is 2.45. The van der Waals surface area contributed by atoms with E-state index in [0.717, 1.165) is 0 Å². The Hall–Kier alpha value is -3.30. The molecule has 3 aromatic rings. The zero-order valence-electron chi connectivity index (χ0n) is 20.5. The normalized spacial score (nSPS) is 13.4. The van der Waals surface area contributed by atoms with Crippen LogP contribution in [-0.4, -0.2) is 41.2 Å². The van der Waals surface area contributed by atoms with Crippen LogP contribution >= 0.6 is 46.4 Å². The SMILES string of the molecule is CC(C)[C@H](C(=O)OCC(=O)Nc1ccc(Oc2ccccc2)cc1)N1C(=O)c2c(Cl)c(Cl)c(Cl)c(Cl)c2C1=O. The maximum atomic E-state index is 13.2. The van der Waals surface area contributed by atoms with E-state index in [2.05, 4.69) is 5.32 Å². The third kappa shape index (κ3) is 5.84. The van der Waals surface area contributed by atoms with Crippen molar-refractivity contribution >= 4 is 75.8 Å². The molecule has 1 aliphatic heterocycles. The predicted molar refractivity (Wildman–Crippen MR) is 148 cm³/mol. The lowest BCUT2D eigenvalue weighted by atomic mass is 10.0. The van der Waals surface area contributed by atoms with Crippen molar-refractivity contribution in [3.63, 3.8) is 0 Å². The molecule has 202 valence electrons. The third-order valence-electron chi connectivity index (χ3n) is 5.75. The molecule has 0 spiro atoms. The number of hydrogen-bond acceptors (Lipinski definition) is 6. The smallest absolute Gasteiger partial charge is 0.330 e. The zero-order valence-corrected chi connectivity index (χ0v) is 23.5. The van der Waals surface area contributed by atoms with Crippen LogP contribution in [-0.2, 0) is 14.3 Å². The molecule has 1 atom stereocenters. The number of rotatable bonds is 8. The third-order valence-corrected chi connectivity index (χ3v) is 7.55. The van der Waals surface area contributed by atoms with Crippen molar-refractivity contribution in [3.8, 4) is 11.5 Å². The molecule has 0 unspecified atom stereocenters. The molecule has 3 amide bonds. The number of benzene rings is 3. The summed E-state index contributed by atoms with van der Waals surface area (Å²) in [6.07, 6.45) is 0. The van der Waals surface area contributed by atoms with Crippen molar-refractivity contribution in [2.24, 2.45) is 5.92 Å². The standard InChI is InChI=1S/C27H20Cl4N2O6/c1-13(2)24(33-25(35)18-19(26(33)36)21(29)23(31)22(30)20(18)28)27(37)38-12-17(34)32-14-8-10-16(11-9-14)39-15-6-4-3-5-7-15/h3-11,13,24H,12H2,1-2H3,(H,32,34)/t24-/m1/s1. The van der Waals surface area contributed by atoms with E-state index in [4.69, 9.17) is 55.9 Å². The quantitative estimate of drug-likeness (QED) is 0.129. The fourth-order valence-electron chi connectivity index (χ4n) is 3.94. The fraction of sp³-hybridized carbons (Fsp3) is 0.185. The maximum Gasteiger partial charge on any atom is 0.330 e. The molecular weight excluding hydrogens is 590 g/mol. The van der Waals surface area contributed by atoms with Crippen LogP contribution < -0.4 is 10.1 Å².